The lowest BCUT2D eigenvalue weighted by molar-refractivity contribution is 0.540. The molecule has 0 aliphatic carbocycles. The van der Waals surface area contributed by atoms with Crippen LogP contribution in [0.25, 0.3) is 0 Å². The molecule has 96 valence electrons. The lowest BCUT2D eigenvalue weighted by atomic mass is 10.1. The molecule has 0 saturated carbocycles. The van der Waals surface area contributed by atoms with Crippen LogP contribution in [0.5, 0.6) is 0 Å². The Bertz CT molecular complexity index is 343. The largest absolute Gasteiger partial charge is 0.378 e. The Hall–Kier alpha value is -1.19. The number of benzene rings is 1. The maximum atomic E-state index is 13.3. The molecule has 1 aromatic rings. The van der Waals surface area contributed by atoms with Crippen LogP contribution in [0.4, 0.5) is 18.9 Å². The molecule has 0 saturated heterocycles. The van der Waals surface area contributed by atoms with Crippen molar-refractivity contribution in [3.05, 3.63) is 29.6 Å². The highest BCUT2D eigenvalue weighted by atomic mass is 19.1. The minimum Gasteiger partial charge on any atom is -0.378 e. The van der Waals surface area contributed by atoms with Crippen molar-refractivity contribution in [2.75, 3.05) is 5.32 Å². The van der Waals surface area contributed by atoms with Gasteiger partial charge < -0.3 is 5.32 Å². The second-order valence-electron chi connectivity index (χ2n) is 4.29. The third-order valence-electron chi connectivity index (χ3n) is 2.64. The smallest absolute Gasteiger partial charge is 0.152 e. The van der Waals surface area contributed by atoms with Crippen LogP contribution in [-0.2, 0) is 0 Å². The highest BCUT2D eigenvalue weighted by molar-refractivity contribution is 5.47. The Labute approximate surface area is 100 Å². The predicted octanol–water partition coefficient (Wildman–Crippen LogP) is 4.48. The molecule has 0 aliphatic rings. The number of hydrogen-bond donors (Lipinski definition) is 1. The van der Waals surface area contributed by atoms with Crippen molar-refractivity contribution in [1.29, 1.82) is 0 Å². The number of nitrogens with one attached hydrogen (secondary N) is 1. The molecule has 0 radical (unpaired) electrons. The predicted molar refractivity (Wildman–Crippen MR) is 63.5 cm³/mol. The van der Waals surface area contributed by atoms with Gasteiger partial charge in [0.15, 0.2) is 11.6 Å². The molecule has 17 heavy (non-hydrogen) atoms. The van der Waals surface area contributed by atoms with E-state index in [-0.39, 0.29) is 11.7 Å². The van der Waals surface area contributed by atoms with Crippen LogP contribution < -0.4 is 5.32 Å². The quantitative estimate of drug-likeness (QED) is 0.728. The third kappa shape index (κ3) is 4.29. The van der Waals surface area contributed by atoms with Gasteiger partial charge in [0, 0.05) is 18.2 Å². The van der Waals surface area contributed by atoms with Crippen molar-refractivity contribution in [1.82, 2.24) is 0 Å². The molecule has 4 heteroatoms. The Morgan fingerprint density at radius 3 is 2.24 bits per heavy atom. The Morgan fingerprint density at radius 2 is 1.71 bits per heavy atom. The lowest BCUT2D eigenvalue weighted by Crippen LogP contribution is -2.17. The third-order valence-corrected chi connectivity index (χ3v) is 2.64. The van der Waals surface area contributed by atoms with Gasteiger partial charge in [-0.3, -0.25) is 0 Å². The maximum absolute atomic E-state index is 13.3. The Morgan fingerprint density at radius 1 is 1.12 bits per heavy atom. The molecule has 0 spiro atoms. The molecule has 1 unspecified atom stereocenters. The van der Waals surface area contributed by atoms with E-state index in [1.165, 1.54) is 0 Å². The summed E-state index contributed by atoms with van der Waals surface area (Å²) in [5.41, 5.74) is -0.240. The zero-order valence-electron chi connectivity index (χ0n) is 10.2. The van der Waals surface area contributed by atoms with Crippen LogP contribution >= 0.6 is 0 Å². The topological polar surface area (TPSA) is 12.0 Å². The maximum Gasteiger partial charge on any atom is 0.152 e. The van der Waals surface area contributed by atoms with E-state index in [1.807, 2.05) is 6.92 Å². The van der Waals surface area contributed by atoms with Gasteiger partial charge in [0.1, 0.15) is 11.5 Å². The standard InChI is InChI=1S/C13H18F3N/c1-3-4-5-6-9(2)17-13-11(15)7-10(14)8-12(13)16/h7-9,17H,3-6H2,1-2H3. The number of rotatable bonds is 6. The molecule has 1 atom stereocenters. The molecule has 1 nitrogen and oxygen atoms in total. The fraction of sp³-hybridized carbons (Fsp3) is 0.538. The number of unbranched alkanes of at least 4 members (excludes halogenated alkanes) is 2. The molecule has 0 amide bonds. The normalized spacial score (nSPS) is 12.5. The zero-order chi connectivity index (χ0) is 12.8. The summed E-state index contributed by atoms with van der Waals surface area (Å²) in [6.07, 6.45) is 4.05. The SMILES string of the molecule is CCCCCC(C)Nc1c(F)cc(F)cc1F. The van der Waals surface area contributed by atoms with Gasteiger partial charge in [-0.15, -0.1) is 0 Å². The Kier molecular flexibility index (Phi) is 5.32. The first-order chi connectivity index (χ1) is 8.04. The first-order valence-electron chi connectivity index (χ1n) is 5.95. The van der Waals surface area contributed by atoms with E-state index in [0.29, 0.717) is 12.1 Å². The van der Waals surface area contributed by atoms with Crippen LogP contribution in [0, 0.1) is 17.5 Å². The van der Waals surface area contributed by atoms with Crippen molar-refractivity contribution in [3.63, 3.8) is 0 Å². The van der Waals surface area contributed by atoms with E-state index >= 15 is 0 Å². The number of halogens is 3. The van der Waals surface area contributed by atoms with Crippen molar-refractivity contribution in [3.8, 4) is 0 Å². The molecule has 0 bridgehead atoms. The zero-order valence-corrected chi connectivity index (χ0v) is 10.2. The monoisotopic (exact) mass is 245 g/mol. The molecular weight excluding hydrogens is 227 g/mol. The lowest BCUT2D eigenvalue weighted by Gasteiger charge is -2.16. The summed E-state index contributed by atoms with van der Waals surface area (Å²) < 4.78 is 39.3. The van der Waals surface area contributed by atoms with E-state index in [9.17, 15) is 13.2 Å². The molecule has 1 N–H and O–H groups in total. The average Bonchev–Trinajstić information content (AvgIpc) is 2.24. The molecule has 0 aromatic heterocycles. The van der Waals surface area contributed by atoms with E-state index in [2.05, 4.69) is 12.2 Å². The van der Waals surface area contributed by atoms with Crippen LogP contribution in [0.2, 0.25) is 0 Å². The Balaban J connectivity index is 2.61. The fourth-order valence-electron chi connectivity index (χ4n) is 1.70. The van der Waals surface area contributed by atoms with Crippen LogP contribution in [-0.4, -0.2) is 6.04 Å². The highest BCUT2D eigenvalue weighted by Gasteiger charge is 2.13. The van der Waals surface area contributed by atoms with E-state index in [4.69, 9.17) is 0 Å². The first kappa shape index (κ1) is 13.9. The van der Waals surface area contributed by atoms with Crippen LogP contribution in [0.1, 0.15) is 39.5 Å². The van der Waals surface area contributed by atoms with E-state index in [1.54, 1.807) is 0 Å². The van der Waals surface area contributed by atoms with Gasteiger partial charge in [-0.05, 0) is 13.3 Å². The molecule has 1 aromatic carbocycles. The fourth-order valence-corrected chi connectivity index (χ4v) is 1.70. The summed E-state index contributed by atoms with van der Waals surface area (Å²) in [5.74, 6) is -2.67. The van der Waals surface area contributed by atoms with Gasteiger partial charge in [0.25, 0.3) is 0 Å². The first-order valence-corrected chi connectivity index (χ1v) is 5.95. The van der Waals surface area contributed by atoms with Gasteiger partial charge in [-0.25, -0.2) is 13.2 Å². The number of anilines is 1. The van der Waals surface area contributed by atoms with Crippen molar-refractivity contribution in [2.45, 2.75) is 45.6 Å². The second kappa shape index (κ2) is 6.52. The van der Waals surface area contributed by atoms with Gasteiger partial charge in [-0.2, -0.15) is 0 Å². The van der Waals surface area contributed by atoms with Gasteiger partial charge in [-0.1, -0.05) is 26.2 Å². The molecule has 1 rings (SSSR count). The summed E-state index contributed by atoms with van der Waals surface area (Å²) in [6, 6.07) is 1.34. The van der Waals surface area contributed by atoms with Gasteiger partial charge >= 0.3 is 0 Å². The van der Waals surface area contributed by atoms with Crippen molar-refractivity contribution >= 4 is 5.69 Å². The van der Waals surface area contributed by atoms with E-state index in [0.717, 1.165) is 25.7 Å². The molecule has 0 heterocycles. The summed E-state index contributed by atoms with van der Waals surface area (Å²) in [5, 5.41) is 2.75. The minimum absolute atomic E-state index is 0.0315. The molecular formula is C13H18F3N. The average molecular weight is 245 g/mol. The highest BCUT2D eigenvalue weighted by Crippen LogP contribution is 2.21. The van der Waals surface area contributed by atoms with E-state index < -0.39 is 17.5 Å². The summed E-state index contributed by atoms with van der Waals surface area (Å²) in [6.45, 7) is 3.95. The van der Waals surface area contributed by atoms with Crippen molar-refractivity contribution < 1.29 is 13.2 Å². The molecule has 0 fully saturated rings. The second-order valence-corrected chi connectivity index (χ2v) is 4.29. The van der Waals surface area contributed by atoms with Gasteiger partial charge in [0.05, 0.1) is 0 Å². The summed E-state index contributed by atoms with van der Waals surface area (Å²) >= 11 is 0. The van der Waals surface area contributed by atoms with Gasteiger partial charge in [0.2, 0.25) is 0 Å². The molecule has 0 aliphatic heterocycles. The van der Waals surface area contributed by atoms with Crippen molar-refractivity contribution in [2.24, 2.45) is 0 Å². The van der Waals surface area contributed by atoms with Crippen LogP contribution in [0.3, 0.4) is 0 Å². The summed E-state index contributed by atoms with van der Waals surface area (Å²) in [4.78, 5) is 0. The minimum atomic E-state index is -0.899. The van der Waals surface area contributed by atoms with Crippen LogP contribution in [0.15, 0.2) is 12.1 Å². The number of hydrogen-bond acceptors (Lipinski definition) is 1. The summed E-state index contributed by atoms with van der Waals surface area (Å²) in [7, 11) is 0.